The summed E-state index contributed by atoms with van der Waals surface area (Å²) in [6, 6.07) is 10.3. The minimum atomic E-state index is -1.06. The van der Waals surface area contributed by atoms with Crippen LogP contribution in [0.25, 0.3) is 22.2 Å². The average Bonchev–Trinajstić information content (AvgIpc) is 3.04. The van der Waals surface area contributed by atoms with E-state index >= 15 is 0 Å². The Balaban J connectivity index is 1.87. The van der Waals surface area contributed by atoms with Crippen molar-refractivity contribution in [1.82, 2.24) is 14.5 Å². The number of nitrogens with one attached hydrogen (secondary N) is 2. The topological polar surface area (TPSA) is 148 Å². The fourth-order valence-corrected chi connectivity index (χ4v) is 5.30. The Morgan fingerprint density at radius 1 is 1.09 bits per heavy atom. The van der Waals surface area contributed by atoms with Crippen molar-refractivity contribution in [1.29, 1.82) is 0 Å². The van der Waals surface area contributed by atoms with Crippen LogP contribution in [0.3, 0.4) is 0 Å². The zero-order valence-electron chi connectivity index (χ0n) is 24.5. The van der Waals surface area contributed by atoms with E-state index in [1.165, 1.54) is 37.1 Å². The maximum atomic E-state index is 14.2. The van der Waals surface area contributed by atoms with Crippen LogP contribution in [0.1, 0.15) is 18.9 Å². The first kappa shape index (κ1) is 32.7. The molecule has 2 heterocycles. The number of anilines is 2. The highest BCUT2D eigenvalue weighted by Gasteiger charge is 2.28. The molecule has 2 aromatic heterocycles. The molecule has 4 rings (SSSR count). The number of fused-ring (bicyclic) bond motifs is 1. The number of halogens is 2. The summed E-state index contributed by atoms with van der Waals surface area (Å²) in [6.45, 7) is 4.76. The predicted molar refractivity (Wildman–Crippen MR) is 172 cm³/mol. The predicted octanol–water partition coefficient (Wildman–Crippen LogP) is 4.70. The third-order valence-electron chi connectivity index (χ3n) is 7.36. The van der Waals surface area contributed by atoms with Crippen molar-refractivity contribution >= 4 is 51.8 Å². The van der Waals surface area contributed by atoms with Crippen LogP contribution in [-0.2, 0) is 17.8 Å². The van der Waals surface area contributed by atoms with Crippen LogP contribution >= 0.6 is 23.2 Å². The Morgan fingerprint density at radius 2 is 1.73 bits per heavy atom. The second kappa shape index (κ2) is 14.1. The molecule has 11 nitrogen and oxygen atoms in total. The number of aliphatic hydroxyl groups is 2. The first-order chi connectivity index (χ1) is 21.1. The van der Waals surface area contributed by atoms with E-state index in [4.69, 9.17) is 32.7 Å². The third kappa shape index (κ3) is 6.66. The molecule has 13 heteroatoms. The molecule has 0 saturated carbocycles. The number of amides is 1. The third-order valence-corrected chi connectivity index (χ3v) is 8.11. The molecule has 44 heavy (non-hydrogen) atoms. The summed E-state index contributed by atoms with van der Waals surface area (Å²) in [4.78, 5) is 34.9. The number of nitrogens with zero attached hydrogens (tertiary/aromatic N) is 3. The van der Waals surface area contributed by atoms with Crippen LogP contribution in [0, 0.1) is 0 Å². The number of aliphatic hydroxyl groups excluding tert-OH is 2. The van der Waals surface area contributed by atoms with Crippen LogP contribution < -0.4 is 25.7 Å². The zero-order chi connectivity index (χ0) is 32.0. The van der Waals surface area contributed by atoms with Gasteiger partial charge in [-0.2, -0.15) is 4.98 Å². The summed E-state index contributed by atoms with van der Waals surface area (Å²) in [5.41, 5.74) is 0.751. The minimum Gasteiger partial charge on any atom is -0.495 e. The van der Waals surface area contributed by atoms with Gasteiger partial charge in [-0.05, 0) is 42.7 Å². The monoisotopic (exact) mass is 641 g/mol. The molecule has 0 atom stereocenters. The Bertz CT molecular complexity index is 1700. The van der Waals surface area contributed by atoms with Crippen molar-refractivity contribution < 1.29 is 24.5 Å². The SMILES string of the molecule is C=CC(=O)Nc1ccc(CCn2c(=O)c(-c3c(Cl)c(OC)cc(OC)c3Cl)cc3cnc(NC(CC)(CO)CO)nc32)cc1. The normalized spacial score (nSPS) is 11.3. The fraction of sp³-hybridized carbons (Fsp3) is 0.290. The second-order valence-corrected chi connectivity index (χ2v) is 10.7. The first-order valence-electron chi connectivity index (χ1n) is 13.7. The van der Waals surface area contributed by atoms with E-state index in [1.807, 2.05) is 19.1 Å². The van der Waals surface area contributed by atoms with E-state index in [9.17, 15) is 19.8 Å². The second-order valence-electron chi connectivity index (χ2n) is 9.99. The van der Waals surface area contributed by atoms with Gasteiger partial charge in [0.2, 0.25) is 11.9 Å². The van der Waals surface area contributed by atoms with Crippen LogP contribution in [0.15, 0.2) is 60.0 Å². The van der Waals surface area contributed by atoms with Crippen LogP contribution in [0.5, 0.6) is 11.5 Å². The van der Waals surface area contributed by atoms with E-state index < -0.39 is 11.1 Å². The number of pyridine rings is 1. The zero-order valence-corrected chi connectivity index (χ0v) is 26.0. The van der Waals surface area contributed by atoms with Gasteiger partial charge in [0.15, 0.2) is 0 Å². The molecule has 2 aromatic carbocycles. The first-order valence-corrected chi connectivity index (χ1v) is 14.4. The number of aryl methyl sites for hydroxylation is 2. The molecule has 232 valence electrons. The van der Waals surface area contributed by atoms with Crippen molar-refractivity contribution in [3.8, 4) is 22.6 Å². The molecule has 0 aliphatic carbocycles. The van der Waals surface area contributed by atoms with E-state index in [0.29, 0.717) is 29.6 Å². The van der Waals surface area contributed by atoms with Gasteiger partial charge in [0.1, 0.15) is 17.1 Å². The number of carbonyl (C=O) groups is 1. The summed E-state index contributed by atoms with van der Waals surface area (Å²) >= 11 is 13.4. The smallest absolute Gasteiger partial charge is 0.260 e. The number of methoxy groups -OCH3 is 2. The molecule has 0 aliphatic heterocycles. The van der Waals surface area contributed by atoms with Gasteiger partial charge in [0.05, 0.1) is 48.6 Å². The van der Waals surface area contributed by atoms with E-state index in [2.05, 4.69) is 27.2 Å². The van der Waals surface area contributed by atoms with Gasteiger partial charge >= 0.3 is 0 Å². The highest BCUT2D eigenvalue weighted by atomic mass is 35.5. The van der Waals surface area contributed by atoms with Crippen LogP contribution in [0.4, 0.5) is 11.6 Å². The lowest BCUT2D eigenvalue weighted by atomic mass is 9.99. The Labute approximate surface area is 264 Å². The molecule has 0 radical (unpaired) electrons. The van der Waals surface area contributed by atoms with E-state index in [0.717, 1.165) is 5.56 Å². The van der Waals surface area contributed by atoms with Gasteiger partial charge in [-0.1, -0.05) is 48.8 Å². The van der Waals surface area contributed by atoms with Gasteiger partial charge in [-0.3, -0.25) is 14.2 Å². The van der Waals surface area contributed by atoms with Crippen LogP contribution in [-0.4, -0.2) is 63.6 Å². The summed E-state index contributed by atoms with van der Waals surface area (Å²) in [5, 5.41) is 26.4. The van der Waals surface area contributed by atoms with E-state index in [-0.39, 0.29) is 64.3 Å². The molecule has 0 bridgehead atoms. The van der Waals surface area contributed by atoms with Crippen molar-refractivity contribution in [2.75, 3.05) is 38.1 Å². The van der Waals surface area contributed by atoms with Gasteiger partial charge in [-0.15, -0.1) is 0 Å². The fourth-order valence-electron chi connectivity index (χ4n) is 4.59. The molecule has 0 fully saturated rings. The van der Waals surface area contributed by atoms with Gasteiger partial charge < -0.3 is 30.3 Å². The standard InChI is InChI=1S/C31H33Cl2N5O6/c1-5-24(41)35-20-9-7-18(8-10-20)11-12-38-28-19(15-34-30(36-28)37-31(6-2,16-39)17-40)13-21(29(38)42)25-26(32)22(43-3)14-23(44-4)27(25)33/h5,7-10,13-15,39-40H,1,6,11-12,16-17H2,2-4H3,(H,35,41)(H,34,36,37). The molecule has 0 spiro atoms. The highest BCUT2D eigenvalue weighted by molar-refractivity contribution is 6.41. The molecule has 1 amide bonds. The van der Waals surface area contributed by atoms with Gasteiger partial charge in [0, 0.05) is 35.4 Å². The quantitative estimate of drug-likeness (QED) is 0.153. The summed E-state index contributed by atoms with van der Waals surface area (Å²) in [7, 11) is 2.89. The molecule has 0 saturated heterocycles. The average molecular weight is 643 g/mol. The maximum Gasteiger partial charge on any atom is 0.260 e. The lowest BCUT2D eigenvalue weighted by molar-refractivity contribution is -0.111. The lowest BCUT2D eigenvalue weighted by Gasteiger charge is -2.29. The van der Waals surface area contributed by atoms with Crippen molar-refractivity contribution in [2.45, 2.75) is 31.8 Å². The molecule has 0 unspecified atom stereocenters. The number of carbonyl (C=O) groups excluding carboxylic acids is 1. The number of hydrogen-bond acceptors (Lipinski definition) is 9. The van der Waals surface area contributed by atoms with Crippen molar-refractivity contribution in [3.05, 3.63) is 81.2 Å². The van der Waals surface area contributed by atoms with Crippen molar-refractivity contribution in [2.24, 2.45) is 0 Å². The summed E-state index contributed by atoms with van der Waals surface area (Å²) in [6.07, 6.45) is 3.54. The number of aromatic nitrogens is 3. The Hall–Kier alpha value is -4.16. The van der Waals surface area contributed by atoms with Crippen molar-refractivity contribution in [3.63, 3.8) is 0 Å². The molecular formula is C31H33Cl2N5O6. The number of rotatable bonds is 13. The summed E-state index contributed by atoms with van der Waals surface area (Å²) in [5.74, 6) is 0.358. The Morgan fingerprint density at radius 3 is 2.27 bits per heavy atom. The largest absolute Gasteiger partial charge is 0.495 e. The molecule has 0 aliphatic rings. The minimum absolute atomic E-state index is 0.129. The molecular weight excluding hydrogens is 609 g/mol. The molecule has 4 aromatic rings. The highest BCUT2D eigenvalue weighted by Crippen LogP contribution is 2.45. The van der Waals surface area contributed by atoms with Gasteiger partial charge in [-0.25, -0.2) is 4.98 Å². The van der Waals surface area contributed by atoms with Crippen LogP contribution in [0.2, 0.25) is 10.0 Å². The van der Waals surface area contributed by atoms with E-state index in [1.54, 1.807) is 18.2 Å². The maximum absolute atomic E-state index is 14.2. The number of hydrogen-bond donors (Lipinski definition) is 4. The summed E-state index contributed by atoms with van der Waals surface area (Å²) < 4.78 is 12.3. The lowest BCUT2D eigenvalue weighted by Crippen LogP contribution is -2.45. The number of ether oxygens (including phenoxy) is 2. The van der Waals surface area contributed by atoms with Gasteiger partial charge in [0.25, 0.3) is 5.56 Å². The molecule has 4 N–H and O–H groups in total. The Kier molecular flexibility index (Phi) is 10.5. The number of benzene rings is 2.